The molecule has 2 amide bonds. The maximum Gasteiger partial charge on any atom is 0.317 e. The SMILES string of the molecule is CNC(=O)N1CCCC1c1ccc(Br)cc1. The third-order valence-corrected chi connectivity index (χ3v) is 3.51. The number of urea groups is 1. The van der Waals surface area contributed by atoms with Crippen LogP contribution in [0.15, 0.2) is 28.7 Å². The van der Waals surface area contributed by atoms with Gasteiger partial charge in [-0.2, -0.15) is 0 Å². The Bertz CT molecular complexity index is 377. The molecule has 1 unspecified atom stereocenters. The number of carbonyl (C=O) groups is 1. The van der Waals surface area contributed by atoms with Crippen molar-refractivity contribution in [3.8, 4) is 0 Å². The molecule has 0 aliphatic carbocycles. The van der Waals surface area contributed by atoms with E-state index in [0.29, 0.717) is 0 Å². The molecule has 4 heteroatoms. The number of benzene rings is 1. The molecule has 1 heterocycles. The second kappa shape index (κ2) is 4.87. The Balaban J connectivity index is 2.19. The lowest BCUT2D eigenvalue weighted by atomic mass is 10.1. The summed E-state index contributed by atoms with van der Waals surface area (Å²) in [5, 5.41) is 2.70. The van der Waals surface area contributed by atoms with Crippen molar-refractivity contribution < 1.29 is 4.79 Å². The Labute approximate surface area is 104 Å². The van der Waals surface area contributed by atoms with E-state index in [4.69, 9.17) is 0 Å². The molecule has 1 fully saturated rings. The zero-order chi connectivity index (χ0) is 11.5. The number of hydrogen-bond donors (Lipinski definition) is 1. The Morgan fingerprint density at radius 2 is 2.12 bits per heavy atom. The highest BCUT2D eigenvalue weighted by Crippen LogP contribution is 2.32. The molecule has 1 saturated heterocycles. The fraction of sp³-hybridized carbons (Fsp3) is 0.417. The number of carbonyl (C=O) groups excluding carboxylic acids is 1. The van der Waals surface area contributed by atoms with Gasteiger partial charge in [-0.15, -0.1) is 0 Å². The molecular weight excluding hydrogens is 268 g/mol. The zero-order valence-electron chi connectivity index (χ0n) is 9.24. The first-order chi connectivity index (χ1) is 7.72. The van der Waals surface area contributed by atoms with Gasteiger partial charge in [-0.25, -0.2) is 4.79 Å². The van der Waals surface area contributed by atoms with Gasteiger partial charge in [-0.05, 0) is 30.5 Å². The third kappa shape index (κ3) is 2.21. The van der Waals surface area contributed by atoms with E-state index in [1.807, 2.05) is 17.0 Å². The maximum absolute atomic E-state index is 11.7. The van der Waals surface area contributed by atoms with Gasteiger partial charge in [-0.3, -0.25) is 0 Å². The fourth-order valence-corrected chi connectivity index (χ4v) is 2.45. The molecule has 0 saturated carbocycles. The van der Waals surface area contributed by atoms with Gasteiger partial charge >= 0.3 is 6.03 Å². The standard InChI is InChI=1S/C12H15BrN2O/c1-14-12(16)15-8-2-3-11(15)9-4-6-10(13)7-5-9/h4-7,11H,2-3,8H2,1H3,(H,14,16). The number of amides is 2. The van der Waals surface area contributed by atoms with Crippen LogP contribution in [0.2, 0.25) is 0 Å². The van der Waals surface area contributed by atoms with Gasteiger partial charge in [0.05, 0.1) is 6.04 Å². The van der Waals surface area contributed by atoms with Crippen molar-refractivity contribution in [2.75, 3.05) is 13.6 Å². The van der Waals surface area contributed by atoms with Gasteiger partial charge in [-0.1, -0.05) is 28.1 Å². The molecule has 1 aliphatic heterocycles. The van der Waals surface area contributed by atoms with Crippen LogP contribution in [0.3, 0.4) is 0 Å². The second-order valence-corrected chi connectivity index (χ2v) is 4.87. The number of nitrogens with one attached hydrogen (secondary N) is 1. The number of rotatable bonds is 1. The molecular formula is C12H15BrN2O. The van der Waals surface area contributed by atoms with Crippen molar-refractivity contribution in [2.24, 2.45) is 0 Å². The lowest BCUT2D eigenvalue weighted by Crippen LogP contribution is -2.37. The van der Waals surface area contributed by atoms with E-state index in [9.17, 15) is 4.79 Å². The molecule has 1 aromatic rings. The van der Waals surface area contributed by atoms with Crippen LogP contribution in [0.1, 0.15) is 24.4 Å². The number of likely N-dealkylation sites (tertiary alicyclic amines) is 1. The van der Waals surface area contributed by atoms with Gasteiger partial charge in [0, 0.05) is 18.1 Å². The van der Waals surface area contributed by atoms with Crippen LogP contribution in [0.25, 0.3) is 0 Å². The van der Waals surface area contributed by atoms with Gasteiger partial charge in [0.25, 0.3) is 0 Å². The van der Waals surface area contributed by atoms with Crippen molar-refractivity contribution in [3.05, 3.63) is 34.3 Å². The molecule has 0 aromatic heterocycles. The lowest BCUT2D eigenvalue weighted by molar-refractivity contribution is 0.195. The molecule has 0 radical (unpaired) electrons. The minimum atomic E-state index is 0.0189. The summed E-state index contributed by atoms with van der Waals surface area (Å²) in [7, 11) is 1.68. The number of hydrogen-bond acceptors (Lipinski definition) is 1. The first-order valence-electron chi connectivity index (χ1n) is 5.46. The molecule has 16 heavy (non-hydrogen) atoms. The van der Waals surface area contributed by atoms with E-state index in [2.05, 4.69) is 33.4 Å². The Morgan fingerprint density at radius 3 is 2.75 bits per heavy atom. The number of nitrogens with zero attached hydrogens (tertiary/aromatic N) is 1. The predicted molar refractivity (Wildman–Crippen MR) is 67.3 cm³/mol. The molecule has 2 rings (SSSR count). The number of halogens is 1. The van der Waals surface area contributed by atoms with E-state index in [0.717, 1.165) is 23.9 Å². The molecule has 3 nitrogen and oxygen atoms in total. The van der Waals surface area contributed by atoms with Crippen LogP contribution in [0.4, 0.5) is 4.79 Å². The van der Waals surface area contributed by atoms with Crippen LogP contribution in [-0.4, -0.2) is 24.5 Å². The summed E-state index contributed by atoms with van der Waals surface area (Å²) in [6.07, 6.45) is 2.13. The summed E-state index contributed by atoms with van der Waals surface area (Å²) in [4.78, 5) is 13.6. The summed E-state index contributed by atoms with van der Waals surface area (Å²) in [6, 6.07) is 8.45. The second-order valence-electron chi connectivity index (χ2n) is 3.96. The highest BCUT2D eigenvalue weighted by atomic mass is 79.9. The van der Waals surface area contributed by atoms with E-state index in [1.165, 1.54) is 5.56 Å². The topological polar surface area (TPSA) is 32.3 Å². The quantitative estimate of drug-likeness (QED) is 0.844. The van der Waals surface area contributed by atoms with Crippen LogP contribution >= 0.6 is 15.9 Å². The Kier molecular flexibility index (Phi) is 3.49. The van der Waals surface area contributed by atoms with Gasteiger partial charge in [0.1, 0.15) is 0 Å². The van der Waals surface area contributed by atoms with E-state index in [1.54, 1.807) is 7.05 Å². The first kappa shape index (κ1) is 11.5. The largest absolute Gasteiger partial charge is 0.341 e. The minimum absolute atomic E-state index is 0.0189. The van der Waals surface area contributed by atoms with E-state index in [-0.39, 0.29) is 12.1 Å². The van der Waals surface area contributed by atoms with Crippen molar-refractivity contribution in [2.45, 2.75) is 18.9 Å². The highest BCUT2D eigenvalue weighted by molar-refractivity contribution is 9.10. The Hall–Kier alpha value is -1.03. The maximum atomic E-state index is 11.7. The van der Waals surface area contributed by atoms with Crippen LogP contribution in [0.5, 0.6) is 0 Å². The van der Waals surface area contributed by atoms with Crippen LogP contribution in [-0.2, 0) is 0 Å². The minimum Gasteiger partial charge on any atom is -0.341 e. The zero-order valence-corrected chi connectivity index (χ0v) is 10.8. The summed E-state index contributed by atoms with van der Waals surface area (Å²) in [6.45, 7) is 0.848. The van der Waals surface area contributed by atoms with Crippen molar-refractivity contribution >= 4 is 22.0 Å². The third-order valence-electron chi connectivity index (χ3n) is 2.98. The molecule has 0 spiro atoms. The predicted octanol–water partition coefficient (Wildman–Crippen LogP) is 2.93. The fourth-order valence-electron chi connectivity index (χ4n) is 2.18. The monoisotopic (exact) mass is 282 g/mol. The van der Waals surface area contributed by atoms with Gasteiger partial charge in [0.2, 0.25) is 0 Å². The summed E-state index contributed by atoms with van der Waals surface area (Å²) < 4.78 is 1.07. The molecule has 1 N–H and O–H groups in total. The molecule has 86 valence electrons. The smallest absolute Gasteiger partial charge is 0.317 e. The van der Waals surface area contributed by atoms with Crippen molar-refractivity contribution in [1.82, 2.24) is 10.2 Å². The normalized spacial score (nSPS) is 19.9. The molecule has 1 aromatic carbocycles. The van der Waals surface area contributed by atoms with Gasteiger partial charge < -0.3 is 10.2 Å². The summed E-state index contributed by atoms with van der Waals surface area (Å²) in [5.74, 6) is 0. The molecule has 1 aliphatic rings. The highest BCUT2D eigenvalue weighted by Gasteiger charge is 2.29. The van der Waals surface area contributed by atoms with E-state index < -0.39 is 0 Å². The van der Waals surface area contributed by atoms with Gasteiger partial charge in [0.15, 0.2) is 0 Å². The average molecular weight is 283 g/mol. The van der Waals surface area contributed by atoms with E-state index >= 15 is 0 Å². The summed E-state index contributed by atoms with van der Waals surface area (Å²) >= 11 is 3.42. The lowest BCUT2D eigenvalue weighted by Gasteiger charge is -2.24. The van der Waals surface area contributed by atoms with Crippen LogP contribution in [0, 0.1) is 0 Å². The molecule has 1 atom stereocenters. The first-order valence-corrected chi connectivity index (χ1v) is 6.25. The van der Waals surface area contributed by atoms with Crippen molar-refractivity contribution in [3.63, 3.8) is 0 Å². The molecule has 0 bridgehead atoms. The van der Waals surface area contributed by atoms with Crippen LogP contribution < -0.4 is 5.32 Å². The Morgan fingerprint density at radius 1 is 1.44 bits per heavy atom. The average Bonchev–Trinajstić information content (AvgIpc) is 2.78. The van der Waals surface area contributed by atoms with Crippen molar-refractivity contribution in [1.29, 1.82) is 0 Å². The summed E-state index contributed by atoms with van der Waals surface area (Å²) in [5.41, 5.74) is 1.21.